The number of ether oxygens (including phenoxy) is 1. The van der Waals surface area contributed by atoms with E-state index in [0.29, 0.717) is 5.75 Å². The number of hydrogen-bond acceptors (Lipinski definition) is 5. The second-order valence-corrected chi connectivity index (χ2v) is 9.54. The molecule has 0 spiro atoms. The summed E-state index contributed by atoms with van der Waals surface area (Å²) in [6, 6.07) is 9.07. The number of sulfone groups is 1. The third-order valence-corrected chi connectivity index (χ3v) is 5.59. The minimum atomic E-state index is -3.97. The van der Waals surface area contributed by atoms with Crippen LogP contribution in [0.5, 0.6) is 5.75 Å². The van der Waals surface area contributed by atoms with Crippen molar-refractivity contribution in [2.24, 2.45) is 0 Å². The number of anilines is 1. The Morgan fingerprint density at radius 1 is 1.12 bits per heavy atom. The van der Waals surface area contributed by atoms with Gasteiger partial charge in [-0.05, 0) is 30.3 Å². The highest BCUT2D eigenvalue weighted by Gasteiger charge is 2.16. The van der Waals surface area contributed by atoms with Crippen molar-refractivity contribution in [3.8, 4) is 5.75 Å². The van der Waals surface area contributed by atoms with Crippen LogP contribution in [0.4, 0.5) is 10.1 Å². The standard InChI is InChI=1S/C15H15ClFNO5S2/c1-24(19,20)8-7-23-12-4-2-3-11(9-12)18-25(21,22)13-5-6-15(17)14(16)10-13/h2-6,9-10,18H,7-8H2,1H3. The summed E-state index contributed by atoms with van der Waals surface area (Å²) >= 11 is 5.61. The monoisotopic (exact) mass is 407 g/mol. The molecule has 1 N–H and O–H groups in total. The van der Waals surface area contributed by atoms with E-state index >= 15 is 0 Å². The molecule has 136 valence electrons. The average Bonchev–Trinajstić information content (AvgIpc) is 2.48. The molecule has 0 bridgehead atoms. The van der Waals surface area contributed by atoms with Gasteiger partial charge in [0.25, 0.3) is 10.0 Å². The molecule has 25 heavy (non-hydrogen) atoms. The maximum atomic E-state index is 13.2. The van der Waals surface area contributed by atoms with Crippen LogP contribution in [-0.4, -0.2) is 35.5 Å². The highest BCUT2D eigenvalue weighted by Crippen LogP contribution is 2.23. The maximum absolute atomic E-state index is 13.2. The fraction of sp³-hybridized carbons (Fsp3) is 0.200. The van der Waals surface area contributed by atoms with Crippen molar-refractivity contribution < 1.29 is 26.0 Å². The lowest BCUT2D eigenvalue weighted by Crippen LogP contribution is -2.14. The normalized spacial score (nSPS) is 12.0. The van der Waals surface area contributed by atoms with Gasteiger partial charge in [0.15, 0.2) is 9.84 Å². The first-order valence-electron chi connectivity index (χ1n) is 6.95. The molecule has 2 aromatic rings. The molecule has 2 aromatic carbocycles. The number of sulfonamides is 1. The Morgan fingerprint density at radius 3 is 2.48 bits per heavy atom. The van der Waals surface area contributed by atoms with Gasteiger partial charge in [-0.2, -0.15) is 0 Å². The van der Waals surface area contributed by atoms with Crippen LogP contribution >= 0.6 is 11.6 Å². The zero-order valence-electron chi connectivity index (χ0n) is 13.1. The Bertz CT molecular complexity index is 977. The van der Waals surface area contributed by atoms with Gasteiger partial charge in [0.2, 0.25) is 0 Å². The van der Waals surface area contributed by atoms with Crippen LogP contribution in [0.2, 0.25) is 5.02 Å². The Kier molecular flexibility index (Phi) is 5.91. The van der Waals surface area contributed by atoms with Crippen LogP contribution in [-0.2, 0) is 19.9 Å². The Balaban J connectivity index is 2.13. The summed E-state index contributed by atoms with van der Waals surface area (Å²) in [4.78, 5) is -0.192. The molecule has 0 aliphatic rings. The van der Waals surface area contributed by atoms with Crippen molar-refractivity contribution in [1.29, 1.82) is 0 Å². The molecule has 0 aliphatic carbocycles. The molecule has 0 saturated heterocycles. The molecule has 6 nitrogen and oxygen atoms in total. The molecule has 0 fully saturated rings. The van der Waals surface area contributed by atoms with E-state index in [0.717, 1.165) is 24.5 Å². The molecular weight excluding hydrogens is 393 g/mol. The van der Waals surface area contributed by atoms with Crippen molar-refractivity contribution in [3.05, 3.63) is 53.3 Å². The average molecular weight is 408 g/mol. The van der Waals surface area contributed by atoms with Crippen molar-refractivity contribution in [2.45, 2.75) is 4.90 Å². The largest absolute Gasteiger partial charge is 0.492 e. The van der Waals surface area contributed by atoms with E-state index in [1.54, 1.807) is 12.1 Å². The number of benzene rings is 2. The van der Waals surface area contributed by atoms with Crippen LogP contribution in [0.25, 0.3) is 0 Å². The topological polar surface area (TPSA) is 89.5 Å². The van der Waals surface area contributed by atoms with Crippen molar-refractivity contribution in [3.63, 3.8) is 0 Å². The summed E-state index contributed by atoms with van der Waals surface area (Å²) in [6.45, 7) is -0.0530. The number of nitrogens with one attached hydrogen (secondary N) is 1. The summed E-state index contributed by atoms with van der Waals surface area (Å²) in [7, 11) is -7.12. The smallest absolute Gasteiger partial charge is 0.261 e. The minimum absolute atomic E-state index is 0.0530. The van der Waals surface area contributed by atoms with Crippen LogP contribution in [0.3, 0.4) is 0 Å². The zero-order valence-corrected chi connectivity index (χ0v) is 15.5. The first-order chi connectivity index (χ1) is 11.6. The Labute approximate surface area is 150 Å². The lowest BCUT2D eigenvalue weighted by Gasteiger charge is -2.11. The molecule has 2 rings (SSSR count). The molecule has 0 saturated carbocycles. The van der Waals surface area contributed by atoms with E-state index in [-0.39, 0.29) is 28.0 Å². The second-order valence-electron chi connectivity index (χ2n) is 5.19. The predicted octanol–water partition coefficient (Wildman–Crippen LogP) is 2.70. The highest BCUT2D eigenvalue weighted by molar-refractivity contribution is 7.92. The van der Waals surface area contributed by atoms with Crippen LogP contribution in [0.15, 0.2) is 47.4 Å². The van der Waals surface area contributed by atoms with E-state index in [9.17, 15) is 21.2 Å². The molecule has 0 unspecified atom stereocenters. The zero-order chi connectivity index (χ0) is 18.7. The lowest BCUT2D eigenvalue weighted by atomic mass is 10.3. The molecule has 0 aromatic heterocycles. The fourth-order valence-corrected chi connectivity index (χ4v) is 3.52. The lowest BCUT2D eigenvalue weighted by molar-refractivity contribution is 0.341. The quantitative estimate of drug-likeness (QED) is 0.762. The minimum Gasteiger partial charge on any atom is -0.492 e. The van der Waals surface area contributed by atoms with Gasteiger partial charge < -0.3 is 4.74 Å². The molecule has 0 atom stereocenters. The van der Waals surface area contributed by atoms with Crippen molar-refractivity contribution in [2.75, 3.05) is 23.3 Å². The molecule has 0 radical (unpaired) electrons. The number of hydrogen-bond donors (Lipinski definition) is 1. The summed E-state index contributed by atoms with van der Waals surface area (Å²) < 4.78 is 67.5. The number of halogens is 2. The van der Waals surface area contributed by atoms with Gasteiger partial charge in [0, 0.05) is 12.3 Å². The fourth-order valence-electron chi connectivity index (χ4n) is 1.82. The molecule has 0 heterocycles. The summed E-state index contributed by atoms with van der Waals surface area (Å²) in [5.41, 5.74) is 0.206. The van der Waals surface area contributed by atoms with Crippen LogP contribution < -0.4 is 9.46 Å². The number of rotatable bonds is 7. The highest BCUT2D eigenvalue weighted by atomic mass is 35.5. The Hall–Kier alpha value is -1.84. The van der Waals surface area contributed by atoms with Gasteiger partial charge in [-0.15, -0.1) is 0 Å². The molecule has 0 aliphatic heterocycles. The second kappa shape index (κ2) is 7.59. The van der Waals surface area contributed by atoms with Crippen molar-refractivity contribution in [1.82, 2.24) is 0 Å². The SMILES string of the molecule is CS(=O)(=O)CCOc1cccc(NS(=O)(=O)c2ccc(F)c(Cl)c2)c1. The van der Waals surface area contributed by atoms with E-state index < -0.39 is 25.7 Å². The van der Waals surface area contributed by atoms with Gasteiger partial charge >= 0.3 is 0 Å². The first kappa shape index (κ1) is 19.5. The summed E-state index contributed by atoms with van der Waals surface area (Å²) in [6.07, 6.45) is 1.09. The summed E-state index contributed by atoms with van der Waals surface area (Å²) in [5.74, 6) is -0.570. The molecule has 0 amide bonds. The maximum Gasteiger partial charge on any atom is 0.261 e. The van der Waals surface area contributed by atoms with Crippen LogP contribution in [0, 0.1) is 5.82 Å². The van der Waals surface area contributed by atoms with E-state index in [4.69, 9.17) is 16.3 Å². The van der Waals surface area contributed by atoms with Gasteiger partial charge in [0.05, 0.1) is 21.4 Å². The van der Waals surface area contributed by atoms with E-state index in [1.165, 1.54) is 12.1 Å². The van der Waals surface area contributed by atoms with Crippen LogP contribution in [0.1, 0.15) is 0 Å². The third-order valence-electron chi connectivity index (χ3n) is 3.01. The van der Waals surface area contributed by atoms with Gasteiger partial charge in [-0.1, -0.05) is 17.7 Å². The van der Waals surface area contributed by atoms with E-state index in [2.05, 4.69) is 4.72 Å². The van der Waals surface area contributed by atoms with Crippen molar-refractivity contribution >= 4 is 37.1 Å². The predicted molar refractivity (Wildman–Crippen MR) is 93.9 cm³/mol. The van der Waals surface area contributed by atoms with E-state index in [1.807, 2.05) is 0 Å². The molecular formula is C15H15ClFNO5S2. The molecule has 10 heteroatoms. The Morgan fingerprint density at radius 2 is 1.84 bits per heavy atom. The summed E-state index contributed by atoms with van der Waals surface area (Å²) in [5, 5.41) is -0.305. The third kappa shape index (κ3) is 5.87. The van der Waals surface area contributed by atoms with Gasteiger partial charge in [-0.3, -0.25) is 4.72 Å². The van der Waals surface area contributed by atoms with Gasteiger partial charge in [0.1, 0.15) is 18.2 Å². The first-order valence-corrected chi connectivity index (χ1v) is 10.9. The van der Waals surface area contributed by atoms with Gasteiger partial charge in [-0.25, -0.2) is 21.2 Å².